The predicted octanol–water partition coefficient (Wildman–Crippen LogP) is 4.66. The van der Waals surface area contributed by atoms with Crippen molar-refractivity contribution in [2.75, 3.05) is 0 Å². The highest BCUT2D eigenvalue weighted by atomic mass is 35.5. The second-order valence-corrected chi connectivity index (χ2v) is 7.79. The first-order chi connectivity index (χ1) is 13.7. The zero-order valence-corrected chi connectivity index (χ0v) is 18.1. The standard InChI is InChI=1S/C23H28ClFN2O2/c1-5-16(3)26-23(29)17(4)27(14-18-9-6-8-15(2)12-18)22(28)13-19-20(24)10-7-11-21(19)25/h6-12,16-17H,5,13-14H2,1-4H3,(H,26,29)/t16-,17-/m0/s1. The van der Waals surface area contributed by atoms with E-state index in [1.807, 2.05) is 45.0 Å². The van der Waals surface area contributed by atoms with Crippen molar-refractivity contribution in [3.63, 3.8) is 0 Å². The number of hydrogen-bond acceptors (Lipinski definition) is 2. The quantitative estimate of drug-likeness (QED) is 0.677. The molecule has 0 bridgehead atoms. The average molecular weight is 419 g/mol. The van der Waals surface area contributed by atoms with E-state index < -0.39 is 11.9 Å². The van der Waals surface area contributed by atoms with Crippen molar-refractivity contribution < 1.29 is 14.0 Å². The van der Waals surface area contributed by atoms with Gasteiger partial charge in [0.15, 0.2) is 0 Å². The first kappa shape index (κ1) is 22.9. The first-order valence-corrected chi connectivity index (χ1v) is 10.2. The van der Waals surface area contributed by atoms with E-state index in [0.717, 1.165) is 17.5 Å². The Labute approximate surface area is 177 Å². The van der Waals surface area contributed by atoms with Crippen LogP contribution in [0.3, 0.4) is 0 Å². The van der Waals surface area contributed by atoms with Crippen LogP contribution in [0, 0.1) is 12.7 Å². The van der Waals surface area contributed by atoms with E-state index in [1.54, 1.807) is 13.0 Å². The van der Waals surface area contributed by atoms with E-state index in [9.17, 15) is 14.0 Å². The van der Waals surface area contributed by atoms with Gasteiger partial charge in [-0.2, -0.15) is 0 Å². The van der Waals surface area contributed by atoms with Gasteiger partial charge in [0.25, 0.3) is 0 Å². The Morgan fingerprint density at radius 3 is 2.48 bits per heavy atom. The van der Waals surface area contributed by atoms with Gasteiger partial charge in [0.05, 0.1) is 6.42 Å². The maximum atomic E-state index is 14.2. The minimum atomic E-state index is -0.706. The molecule has 0 heterocycles. The van der Waals surface area contributed by atoms with Gasteiger partial charge in [-0.1, -0.05) is 54.4 Å². The van der Waals surface area contributed by atoms with Gasteiger partial charge in [-0.3, -0.25) is 9.59 Å². The number of nitrogens with zero attached hydrogens (tertiary/aromatic N) is 1. The Morgan fingerprint density at radius 2 is 1.86 bits per heavy atom. The van der Waals surface area contributed by atoms with Crippen molar-refractivity contribution in [3.05, 3.63) is 70.0 Å². The maximum absolute atomic E-state index is 14.2. The summed E-state index contributed by atoms with van der Waals surface area (Å²) in [5, 5.41) is 3.12. The molecule has 29 heavy (non-hydrogen) atoms. The van der Waals surface area contributed by atoms with Crippen molar-refractivity contribution in [2.24, 2.45) is 0 Å². The van der Waals surface area contributed by atoms with Crippen LogP contribution in [0.4, 0.5) is 4.39 Å². The summed E-state index contributed by atoms with van der Waals surface area (Å²) in [5.41, 5.74) is 2.10. The van der Waals surface area contributed by atoms with Crippen LogP contribution in [-0.4, -0.2) is 28.8 Å². The van der Waals surface area contributed by atoms with Crippen molar-refractivity contribution >= 4 is 23.4 Å². The molecule has 1 N–H and O–H groups in total. The van der Waals surface area contributed by atoms with E-state index in [1.165, 1.54) is 17.0 Å². The summed E-state index contributed by atoms with van der Waals surface area (Å²) in [5.74, 6) is -1.12. The molecule has 2 aromatic carbocycles. The fraction of sp³-hybridized carbons (Fsp3) is 0.391. The monoisotopic (exact) mass is 418 g/mol. The molecule has 4 nitrogen and oxygen atoms in total. The molecule has 0 aliphatic carbocycles. The summed E-state index contributed by atoms with van der Waals surface area (Å²) in [4.78, 5) is 27.3. The molecule has 0 aliphatic heterocycles. The third-order valence-corrected chi connectivity index (χ3v) is 5.35. The molecule has 2 amide bonds. The molecule has 0 aromatic heterocycles. The van der Waals surface area contributed by atoms with Gasteiger partial charge in [-0.05, 0) is 44.9 Å². The minimum absolute atomic E-state index is 0.00174. The maximum Gasteiger partial charge on any atom is 0.242 e. The molecule has 2 aromatic rings. The molecule has 2 rings (SSSR count). The van der Waals surface area contributed by atoms with Crippen molar-refractivity contribution in [3.8, 4) is 0 Å². The molecule has 6 heteroatoms. The molecular formula is C23H28ClFN2O2. The third-order valence-electron chi connectivity index (χ3n) is 4.99. The summed E-state index contributed by atoms with van der Waals surface area (Å²) in [6.07, 6.45) is 0.577. The number of rotatable bonds is 8. The Bertz CT molecular complexity index is 851. The van der Waals surface area contributed by atoms with Crippen LogP contribution in [0.15, 0.2) is 42.5 Å². The van der Waals surface area contributed by atoms with Crippen LogP contribution in [0.2, 0.25) is 5.02 Å². The van der Waals surface area contributed by atoms with Crippen molar-refractivity contribution in [2.45, 2.75) is 59.2 Å². The summed E-state index contributed by atoms with van der Waals surface area (Å²) >= 11 is 6.10. The van der Waals surface area contributed by atoms with Crippen LogP contribution in [0.25, 0.3) is 0 Å². The second kappa shape index (κ2) is 10.4. The molecule has 156 valence electrons. The fourth-order valence-electron chi connectivity index (χ4n) is 3.01. The number of carbonyl (C=O) groups excluding carboxylic acids is 2. The van der Waals surface area contributed by atoms with E-state index in [-0.39, 0.29) is 41.4 Å². The molecule has 0 spiro atoms. The molecule has 0 fully saturated rings. The molecule has 0 radical (unpaired) electrons. The van der Waals surface area contributed by atoms with Crippen molar-refractivity contribution in [1.82, 2.24) is 10.2 Å². The number of benzene rings is 2. The highest BCUT2D eigenvalue weighted by Crippen LogP contribution is 2.21. The van der Waals surface area contributed by atoms with Gasteiger partial charge in [0.1, 0.15) is 11.9 Å². The molecular weight excluding hydrogens is 391 g/mol. The predicted molar refractivity (Wildman–Crippen MR) is 114 cm³/mol. The van der Waals surface area contributed by atoms with E-state index in [0.29, 0.717) is 0 Å². The van der Waals surface area contributed by atoms with Gasteiger partial charge in [-0.25, -0.2) is 4.39 Å². The Balaban J connectivity index is 2.29. The number of aryl methyl sites for hydroxylation is 1. The number of hydrogen-bond donors (Lipinski definition) is 1. The van der Waals surface area contributed by atoms with Gasteiger partial charge in [0.2, 0.25) is 11.8 Å². The summed E-state index contributed by atoms with van der Waals surface area (Å²) in [6, 6.07) is 11.4. The van der Waals surface area contributed by atoms with Crippen LogP contribution >= 0.6 is 11.6 Å². The normalized spacial score (nSPS) is 12.9. The second-order valence-electron chi connectivity index (χ2n) is 7.38. The number of halogens is 2. The molecule has 2 atom stereocenters. The third kappa shape index (κ3) is 6.29. The SMILES string of the molecule is CC[C@H](C)NC(=O)[C@H](C)N(Cc1cccc(C)c1)C(=O)Cc1c(F)cccc1Cl. The van der Waals surface area contributed by atoms with Gasteiger partial charge < -0.3 is 10.2 Å². The van der Waals surface area contributed by atoms with Crippen LogP contribution < -0.4 is 5.32 Å². The lowest BCUT2D eigenvalue weighted by atomic mass is 10.1. The lowest BCUT2D eigenvalue weighted by Gasteiger charge is -2.30. The number of amides is 2. The molecule has 0 unspecified atom stereocenters. The van der Waals surface area contributed by atoms with Gasteiger partial charge in [0, 0.05) is 23.2 Å². The smallest absolute Gasteiger partial charge is 0.242 e. The highest BCUT2D eigenvalue weighted by molar-refractivity contribution is 6.31. The Morgan fingerprint density at radius 1 is 1.17 bits per heavy atom. The number of nitrogens with one attached hydrogen (secondary N) is 1. The van der Waals surface area contributed by atoms with E-state index in [4.69, 9.17) is 11.6 Å². The Hall–Kier alpha value is -2.40. The topological polar surface area (TPSA) is 49.4 Å². The largest absolute Gasteiger partial charge is 0.352 e. The molecule has 0 aliphatic rings. The van der Waals surface area contributed by atoms with Gasteiger partial charge in [-0.15, -0.1) is 0 Å². The van der Waals surface area contributed by atoms with Crippen LogP contribution in [0.1, 0.15) is 43.9 Å². The highest BCUT2D eigenvalue weighted by Gasteiger charge is 2.28. The molecule has 0 saturated heterocycles. The van der Waals surface area contributed by atoms with Crippen LogP contribution in [-0.2, 0) is 22.6 Å². The van der Waals surface area contributed by atoms with E-state index in [2.05, 4.69) is 5.32 Å². The molecule has 0 saturated carbocycles. The number of carbonyl (C=O) groups is 2. The first-order valence-electron chi connectivity index (χ1n) is 9.81. The zero-order valence-electron chi connectivity index (χ0n) is 17.3. The summed E-state index contributed by atoms with van der Waals surface area (Å²) < 4.78 is 14.2. The summed E-state index contributed by atoms with van der Waals surface area (Å²) in [6.45, 7) is 7.80. The Kier molecular flexibility index (Phi) is 8.21. The lowest BCUT2D eigenvalue weighted by molar-refractivity contribution is -0.140. The van der Waals surface area contributed by atoms with Crippen LogP contribution in [0.5, 0.6) is 0 Å². The van der Waals surface area contributed by atoms with Gasteiger partial charge >= 0.3 is 0 Å². The fourth-order valence-corrected chi connectivity index (χ4v) is 3.24. The summed E-state index contributed by atoms with van der Waals surface area (Å²) in [7, 11) is 0. The average Bonchev–Trinajstić information content (AvgIpc) is 2.68. The minimum Gasteiger partial charge on any atom is -0.352 e. The lowest BCUT2D eigenvalue weighted by Crippen LogP contribution is -2.50. The zero-order chi connectivity index (χ0) is 21.6. The van der Waals surface area contributed by atoms with E-state index >= 15 is 0 Å². The van der Waals surface area contributed by atoms with Crippen molar-refractivity contribution in [1.29, 1.82) is 0 Å².